The number of para-hydroxylation sites is 2. The summed E-state index contributed by atoms with van der Waals surface area (Å²) in [5.41, 5.74) is 16.9. The number of hydrogen-bond acceptors (Lipinski definition) is 1. The Hall–Kier alpha value is -4.54. The van der Waals surface area contributed by atoms with Crippen molar-refractivity contribution >= 4 is 71.7 Å². The van der Waals surface area contributed by atoms with Gasteiger partial charge in [0.05, 0.1) is 21.4 Å². The van der Waals surface area contributed by atoms with Gasteiger partial charge in [-0.2, -0.15) is 0 Å². The van der Waals surface area contributed by atoms with Crippen molar-refractivity contribution in [3.63, 3.8) is 0 Å². The molecule has 5 aromatic carbocycles. The molecule has 10 rings (SSSR count). The van der Waals surface area contributed by atoms with E-state index in [0.29, 0.717) is 0 Å². The second-order valence-electron chi connectivity index (χ2n) is 12.5. The highest BCUT2D eigenvalue weighted by Gasteiger charge is 2.39. The van der Waals surface area contributed by atoms with Gasteiger partial charge < -0.3 is 9.55 Å². The van der Waals surface area contributed by atoms with Crippen LogP contribution in [-0.4, -0.2) is 16.8 Å². The van der Waals surface area contributed by atoms with E-state index in [2.05, 4.69) is 135 Å². The van der Waals surface area contributed by atoms with Crippen LogP contribution in [0, 0.1) is 6.92 Å². The zero-order valence-electron chi connectivity index (χ0n) is 23.7. The number of nitrogens with zero attached hydrogens (tertiary/aromatic N) is 1. The molecule has 0 bridgehead atoms. The number of aromatic amines is 1. The minimum Gasteiger partial charge on any atom is -0.354 e. The van der Waals surface area contributed by atoms with Gasteiger partial charge in [-0.05, 0) is 46.8 Å². The van der Waals surface area contributed by atoms with Crippen molar-refractivity contribution in [3.05, 3.63) is 114 Å². The Morgan fingerprint density at radius 3 is 2.43 bits per heavy atom. The molecule has 4 heteroatoms. The fraction of sp³-hybridized carbons (Fsp3) is 0.105. The number of thiophene rings is 1. The first kappa shape index (κ1) is 23.1. The lowest BCUT2D eigenvalue weighted by molar-refractivity contribution is 0.666. The zero-order chi connectivity index (χ0) is 27.9. The van der Waals surface area contributed by atoms with Gasteiger partial charge in [-0.25, -0.2) is 0 Å². The van der Waals surface area contributed by atoms with Gasteiger partial charge in [-0.3, -0.25) is 0 Å². The quantitative estimate of drug-likeness (QED) is 0.196. The molecular weight excluding hydrogens is 527 g/mol. The molecule has 0 saturated heterocycles. The molecule has 0 amide bonds. The fourth-order valence-electron chi connectivity index (χ4n) is 8.07. The molecule has 4 heterocycles. The Labute approximate surface area is 248 Å². The molecule has 1 aliphatic carbocycles. The molecule has 0 spiro atoms. The standard InChI is InChI=1S/C38H26BN2S/c1-20-18-26(21-12-8-13-24-31-34(40-33(21)24)22-10-4-6-15-27(22)38(31,2)3)32-29(19-20)41-35-25(14-9-16-28(35)39-32)37-36(41)23-11-5-7-17-30(23)42-37/h4-19,40H,1-3H3. The Balaban J connectivity index is 1.30. The van der Waals surface area contributed by atoms with E-state index in [4.69, 9.17) is 0 Å². The minimum absolute atomic E-state index is 0.0533. The van der Waals surface area contributed by atoms with Crippen LogP contribution in [0.2, 0.25) is 0 Å². The molecule has 1 aliphatic heterocycles. The average Bonchev–Trinajstić information content (AvgIpc) is 3.72. The summed E-state index contributed by atoms with van der Waals surface area (Å²) >= 11 is 1.91. The second-order valence-corrected chi connectivity index (χ2v) is 13.6. The normalized spacial score (nSPS) is 14.5. The molecule has 0 unspecified atom stereocenters. The van der Waals surface area contributed by atoms with Crippen LogP contribution in [0.1, 0.15) is 30.5 Å². The van der Waals surface area contributed by atoms with Crippen LogP contribution in [-0.2, 0) is 5.41 Å². The molecule has 0 saturated carbocycles. The first-order valence-corrected chi connectivity index (χ1v) is 15.5. The highest BCUT2D eigenvalue weighted by molar-refractivity contribution is 7.26. The number of rotatable bonds is 1. The third-order valence-electron chi connectivity index (χ3n) is 9.79. The lowest BCUT2D eigenvalue weighted by atomic mass is 9.59. The largest absolute Gasteiger partial charge is 0.354 e. The van der Waals surface area contributed by atoms with Crippen molar-refractivity contribution in [3.8, 4) is 28.1 Å². The molecule has 2 aliphatic rings. The van der Waals surface area contributed by atoms with Gasteiger partial charge in [0.15, 0.2) is 7.28 Å². The van der Waals surface area contributed by atoms with Crippen LogP contribution >= 0.6 is 11.3 Å². The fourth-order valence-corrected chi connectivity index (χ4v) is 9.28. The lowest BCUT2D eigenvalue weighted by Crippen LogP contribution is -2.37. The van der Waals surface area contributed by atoms with Crippen LogP contribution in [0.4, 0.5) is 0 Å². The summed E-state index contributed by atoms with van der Waals surface area (Å²) in [6, 6.07) is 36.1. The Morgan fingerprint density at radius 2 is 1.50 bits per heavy atom. The maximum absolute atomic E-state index is 3.95. The molecule has 3 aromatic heterocycles. The molecular formula is C38H26BN2S. The van der Waals surface area contributed by atoms with E-state index < -0.39 is 0 Å². The number of aromatic nitrogens is 2. The third-order valence-corrected chi connectivity index (χ3v) is 11.0. The predicted octanol–water partition coefficient (Wildman–Crippen LogP) is 8.73. The maximum atomic E-state index is 3.95. The number of nitrogens with one attached hydrogen (secondary N) is 1. The molecule has 8 aromatic rings. The van der Waals surface area contributed by atoms with Gasteiger partial charge in [0, 0.05) is 48.6 Å². The predicted molar refractivity (Wildman–Crippen MR) is 181 cm³/mol. The van der Waals surface area contributed by atoms with Crippen molar-refractivity contribution < 1.29 is 0 Å². The summed E-state index contributed by atoms with van der Waals surface area (Å²) in [6.45, 7) is 6.97. The molecule has 0 atom stereocenters. The van der Waals surface area contributed by atoms with Crippen molar-refractivity contribution in [1.29, 1.82) is 0 Å². The third kappa shape index (κ3) is 2.68. The van der Waals surface area contributed by atoms with E-state index in [0.717, 1.165) is 0 Å². The zero-order valence-corrected chi connectivity index (χ0v) is 24.5. The topological polar surface area (TPSA) is 20.7 Å². The van der Waals surface area contributed by atoms with Crippen molar-refractivity contribution in [1.82, 2.24) is 9.55 Å². The SMILES string of the molecule is Cc1cc(-c2cccc3c4c([nH]c23)-c2ccccc2C4(C)C)c2c(c1)-n1c3c(cccc3c3sc4ccccc4c31)[B]2. The van der Waals surface area contributed by atoms with Crippen molar-refractivity contribution in [2.24, 2.45) is 0 Å². The summed E-state index contributed by atoms with van der Waals surface area (Å²) in [5.74, 6) is 0. The van der Waals surface area contributed by atoms with Crippen molar-refractivity contribution in [2.75, 3.05) is 0 Å². The van der Waals surface area contributed by atoms with E-state index >= 15 is 0 Å². The van der Waals surface area contributed by atoms with Crippen molar-refractivity contribution in [2.45, 2.75) is 26.2 Å². The van der Waals surface area contributed by atoms with Gasteiger partial charge >= 0.3 is 0 Å². The van der Waals surface area contributed by atoms with E-state index in [1.807, 2.05) is 11.3 Å². The van der Waals surface area contributed by atoms with E-state index in [1.54, 1.807) is 0 Å². The van der Waals surface area contributed by atoms with E-state index in [-0.39, 0.29) is 5.41 Å². The van der Waals surface area contributed by atoms with Crippen LogP contribution in [0.15, 0.2) is 97.1 Å². The first-order valence-electron chi connectivity index (χ1n) is 14.7. The van der Waals surface area contributed by atoms with E-state index in [9.17, 15) is 0 Å². The summed E-state index contributed by atoms with van der Waals surface area (Å²) in [7, 11) is 2.42. The molecule has 197 valence electrons. The Bertz CT molecular complexity index is 2490. The van der Waals surface area contributed by atoms with Crippen LogP contribution in [0.3, 0.4) is 0 Å². The smallest absolute Gasteiger partial charge is 0.197 e. The number of fused-ring (bicyclic) bond motifs is 12. The number of hydrogen-bond donors (Lipinski definition) is 1. The van der Waals surface area contributed by atoms with Gasteiger partial charge in [-0.15, -0.1) is 11.3 Å². The molecule has 0 fully saturated rings. The van der Waals surface area contributed by atoms with Gasteiger partial charge in [-0.1, -0.05) is 104 Å². The van der Waals surface area contributed by atoms with Crippen LogP contribution in [0.5, 0.6) is 0 Å². The molecule has 1 radical (unpaired) electrons. The van der Waals surface area contributed by atoms with Gasteiger partial charge in [0.1, 0.15) is 0 Å². The van der Waals surface area contributed by atoms with Crippen LogP contribution in [0.25, 0.3) is 70.2 Å². The first-order chi connectivity index (χ1) is 20.5. The van der Waals surface area contributed by atoms with Gasteiger partial charge in [0.2, 0.25) is 0 Å². The summed E-state index contributed by atoms with van der Waals surface area (Å²) in [4.78, 5) is 3.95. The summed E-state index contributed by atoms with van der Waals surface area (Å²) in [6.07, 6.45) is 0. The summed E-state index contributed by atoms with van der Waals surface area (Å²) < 4.78 is 5.27. The van der Waals surface area contributed by atoms with E-state index in [1.165, 1.54) is 97.8 Å². The highest BCUT2D eigenvalue weighted by atomic mass is 32.1. The number of H-pyrrole nitrogens is 1. The van der Waals surface area contributed by atoms with Gasteiger partial charge in [0.25, 0.3) is 0 Å². The highest BCUT2D eigenvalue weighted by Crippen LogP contribution is 2.52. The lowest BCUT2D eigenvalue weighted by Gasteiger charge is -2.25. The summed E-state index contributed by atoms with van der Waals surface area (Å²) in [5, 5.41) is 4.00. The molecule has 1 N–H and O–H groups in total. The number of aryl methyl sites for hydroxylation is 1. The Morgan fingerprint density at radius 1 is 0.738 bits per heavy atom. The maximum Gasteiger partial charge on any atom is 0.197 e. The minimum atomic E-state index is -0.0533. The Kier molecular flexibility index (Phi) is 4.20. The molecule has 2 nitrogen and oxygen atoms in total. The average molecular weight is 554 g/mol. The monoisotopic (exact) mass is 553 g/mol. The molecule has 42 heavy (non-hydrogen) atoms. The van der Waals surface area contributed by atoms with Crippen LogP contribution < -0.4 is 10.9 Å². The number of benzene rings is 5. The second kappa shape index (κ2) is 7.64.